The molecule has 0 aromatic rings. The zero-order valence-corrected chi connectivity index (χ0v) is 7.75. The van der Waals surface area contributed by atoms with Crippen molar-refractivity contribution in [2.24, 2.45) is 5.92 Å². The molecule has 2 aliphatic heterocycles. The fourth-order valence-electron chi connectivity index (χ4n) is 2.27. The van der Waals surface area contributed by atoms with Gasteiger partial charge in [-0.05, 0) is 20.0 Å². The Morgan fingerprint density at radius 3 is 3.33 bits per heavy atom. The van der Waals surface area contributed by atoms with Crippen molar-refractivity contribution in [3.05, 3.63) is 0 Å². The van der Waals surface area contributed by atoms with Gasteiger partial charge in [-0.15, -0.1) is 0 Å². The lowest BCUT2D eigenvalue weighted by atomic mass is 9.93. The zero-order valence-electron chi connectivity index (χ0n) is 7.75. The van der Waals surface area contributed by atoms with E-state index < -0.39 is 0 Å². The van der Waals surface area contributed by atoms with Crippen LogP contribution in [0.2, 0.25) is 0 Å². The SMILES string of the molecule is CN1CCOC[C@H]2CNCC[C@H]21. The normalized spacial score (nSPS) is 38.8. The summed E-state index contributed by atoms with van der Waals surface area (Å²) in [6, 6.07) is 0.758. The van der Waals surface area contributed by atoms with Crippen molar-refractivity contribution in [2.45, 2.75) is 12.5 Å². The molecule has 0 unspecified atom stereocenters. The average Bonchev–Trinajstić information content (AvgIpc) is 2.29. The van der Waals surface area contributed by atoms with Gasteiger partial charge in [-0.3, -0.25) is 0 Å². The quantitative estimate of drug-likeness (QED) is 0.550. The molecule has 0 aliphatic carbocycles. The van der Waals surface area contributed by atoms with Crippen LogP contribution in [-0.4, -0.2) is 50.8 Å². The molecule has 0 amide bonds. The van der Waals surface area contributed by atoms with Gasteiger partial charge in [-0.2, -0.15) is 0 Å². The van der Waals surface area contributed by atoms with Crippen molar-refractivity contribution in [1.82, 2.24) is 10.2 Å². The van der Waals surface area contributed by atoms with Gasteiger partial charge in [0.25, 0.3) is 0 Å². The lowest BCUT2D eigenvalue weighted by Crippen LogP contribution is -2.48. The molecule has 2 fully saturated rings. The molecule has 2 aliphatic rings. The maximum Gasteiger partial charge on any atom is 0.0593 e. The zero-order chi connectivity index (χ0) is 8.39. The standard InChI is InChI=1S/C9H18N2O/c1-11-4-5-12-7-8-6-10-3-2-9(8)11/h8-10H,2-7H2,1H3/t8-,9-/m1/s1. The molecule has 3 nitrogen and oxygen atoms in total. The van der Waals surface area contributed by atoms with E-state index >= 15 is 0 Å². The number of hydrogen-bond donors (Lipinski definition) is 1. The van der Waals surface area contributed by atoms with Crippen molar-refractivity contribution in [3.63, 3.8) is 0 Å². The fourth-order valence-corrected chi connectivity index (χ4v) is 2.27. The van der Waals surface area contributed by atoms with Crippen LogP contribution in [0.5, 0.6) is 0 Å². The Morgan fingerprint density at radius 2 is 2.42 bits per heavy atom. The number of likely N-dealkylation sites (N-methyl/N-ethyl adjacent to an activating group) is 1. The van der Waals surface area contributed by atoms with Gasteiger partial charge in [0.05, 0.1) is 13.2 Å². The largest absolute Gasteiger partial charge is 0.380 e. The molecule has 0 aromatic carbocycles. The van der Waals surface area contributed by atoms with E-state index in [2.05, 4.69) is 17.3 Å². The molecule has 2 rings (SSSR count). The van der Waals surface area contributed by atoms with Crippen LogP contribution in [0.4, 0.5) is 0 Å². The third-order valence-electron chi connectivity index (χ3n) is 3.05. The highest BCUT2D eigenvalue weighted by molar-refractivity contribution is 4.85. The molecule has 1 N–H and O–H groups in total. The number of piperidine rings is 1. The van der Waals surface area contributed by atoms with Crippen LogP contribution in [0.3, 0.4) is 0 Å². The second-order valence-corrected chi connectivity index (χ2v) is 3.88. The van der Waals surface area contributed by atoms with E-state index in [0.717, 1.165) is 32.3 Å². The Labute approximate surface area is 74.1 Å². The highest BCUT2D eigenvalue weighted by Gasteiger charge is 2.29. The molecule has 0 aromatic heterocycles. The molecule has 0 radical (unpaired) electrons. The van der Waals surface area contributed by atoms with Crippen LogP contribution in [0.25, 0.3) is 0 Å². The number of nitrogens with zero attached hydrogens (tertiary/aromatic N) is 1. The Hall–Kier alpha value is -0.120. The van der Waals surface area contributed by atoms with Gasteiger partial charge in [0.2, 0.25) is 0 Å². The summed E-state index contributed by atoms with van der Waals surface area (Å²) in [6.45, 7) is 5.26. The lowest BCUT2D eigenvalue weighted by Gasteiger charge is -2.35. The molecule has 0 spiro atoms. The number of nitrogens with one attached hydrogen (secondary N) is 1. The first-order valence-electron chi connectivity index (χ1n) is 4.86. The molecule has 3 heteroatoms. The van der Waals surface area contributed by atoms with E-state index in [1.165, 1.54) is 13.0 Å². The molecular formula is C9H18N2O. The summed E-state index contributed by atoms with van der Waals surface area (Å²) in [4.78, 5) is 2.46. The van der Waals surface area contributed by atoms with Gasteiger partial charge in [0, 0.05) is 25.0 Å². The maximum absolute atomic E-state index is 5.55. The predicted molar refractivity (Wildman–Crippen MR) is 48.2 cm³/mol. The van der Waals surface area contributed by atoms with E-state index in [1.54, 1.807) is 0 Å². The molecule has 2 atom stereocenters. The van der Waals surface area contributed by atoms with E-state index in [0.29, 0.717) is 5.92 Å². The Balaban J connectivity index is 2.01. The van der Waals surface area contributed by atoms with E-state index in [9.17, 15) is 0 Å². The van der Waals surface area contributed by atoms with Crippen LogP contribution in [-0.2, 0) is 4.74 Å². The first kappa shape index (κ1) is 8.48. The Kier molecular flexibility index (Phi) is 2.63. The summed E-state index contributed by atoms with van der Waals surface area (Å²) in [7, 11) is 2.22. The molecule has 2 heterocycles. The summed E-state index contributed by atoms with van der Waals surface area (Å²) in [5.74, 6) is 0.714. The van der Waals surface area contributed by atoms with Crippen LogP contribution >= 0.6 is 0 Å². The summed E-state index contributed by atoms with van der Waals surface area (Å²) < 4.78 is 5.55. The van der Waals surface area contributed by atoms with Crippen molar-refractivity contribution in [2.75, 3.05) is 39.9 Å². The summed E-state index contributed by atoms with van der Waals surface area (Å²) in [5, 5.41) is 3.43. The van der Waals surface area contributed by atoms with E-state index in [1.807, 2.05) is 0 Å². The first-order valence-corrected chi connectivity index (χ1v) is 4.86. The second kappa shape index (κ2) is 3.73. The van der Waals surface area contributed by atoms with Gasteiger partial charge in [0.1, 0.15) is 0 Å². The van der Waals surface area contributed by atoms with Crippen LogP contribution in [0, 0.1) is 5.92 Å². The number of rotatable bonds is 0. The minimum atomic E-state index is 0.714. The summed E-state index contributed by atoms with van der Waals surface area (Å²) in [6.07, 6.45) is 1.28. The molecule has 12 heavy (non-hydrogen) atoms. The van der Waals surface area contributed by atoms with Gasteiger partial charge < -0.3 is 15.0 Å². The first-order chi connectivity index (χ1) is 5.88. The van der Waals surface area contributed by atoms with Crippen molar-refractivity contribution in [1.29, 1.82) is 0 Å². The topological polar surface area (TPSA) is 24.5 Å². The minimum absolute atomic E-state index is 0.714. The smallest absolute Gasteiger partial charge is 0.0593 e. The maximum atomic E-state index is 5.55. The lowest BCUT2D eigenvalue weighted by molar-refractivity contribution is 0.106. The summed E-state index contributed by atoms with van der Waals surface area (Å²) >= 11 is 0. The van der Waals surface area contributed by atoms with Gasteiger partial charge >= 0.3 is 0 Å². The molecule has 70 valence electrons. The third kappa shape index (κ3) is 1.63. The van der Waals surface area contributed by atoms with Crippen molar-refractivity contribution < 1.29 is 4.74 Å². The average molecular weight is 170 g/mol. The summed E-state index contributed by atoms with van der Waals surface area (Å²) in [5.41, 5.74) is 0. The number of ether oxygens (including phenoxy) is 1. The van der Waals surface area contributed by atoms with Gasteiger partial charge in [-0.25, -0.2) is 0 Å². The minimum Gasteiger partial charge on any atom is -0.380 e. The molecular weight excluding hydrogens is 152 g/mol. The monoisotopic (exact) mass is 170 g/mol. The third-order valence-corrected chi connectivity index (χ3v) is 3.05. The Bertz CT molecular complexity index is 151. The highest BCUT2D eigenvalue weighted by Crippen LogP contribution is 2.19. The van der Waals surface area contributed by atoms with Crippen LogP contribution in [0.1, 0.15) is 6.42 Å². The van der Waals surface area contributed by atoms with Gasteiger partial charge in [0.15, 0.2) is 0 Å². The fraction of sp³-hybridized carbons (Fsp3) is 1.00. The van der Waals surface area contributed by atoms with Crippen molar-refractivity contribution in [3.8, 4) is 0 Å². The predicted octanol–water partition coefficient (Wildman–Crippen LogP) is -0.0735. The molecule has 0 saturated carbocycles. The molecule has 2 saturated heterocycles. The van der Waals surface area contributed by atoms with E-state index in [4.69, 9.17) is 4.74 Å². The van der Waals surface area contributed by atoms with Gasteiger partial charge in [-0.1, -0.05) is 0 Å². The van der Waals surface area contributed by atoms with Crippen molar-refractivity contribution >= 4 is 0 Å². The molecule has 0 bridgehead atoms. The number of fused-ring (bicyclic) bond motifs is 1. The van der Waals surface area contributed by atoms with Crippen LogP contribution in [0.15, 0.2) is 0 Å². The number of hydrogen-bond acceptors (Lipinski definition) is 3. The Morgan fingerprint density at radius 1 is 1.50 bits per heavy atom. The second-order valence-electron chi connectivity index (χ2n) is 3.88. The highest BCUT2D eigenvalue weighted by atomic mass is 16.5. The van der Waals surface area contributed by atoms with Crippen LogP contribution < -0.4 is 5.32 Å². The van der Waals surface area contributed by atoms with E-state index in [-0.39, 0.29) is 0 Å².